The molecule has 2 rings (SSSR count). The monoisotopic (exact) mass is 314 g/mol. The number of aryl methyl sites for hydroxylation is 1. The molecule has 23 heavy (non-hydrogen) atoms. The zero-order valence-corrected chi connectivity index (χ0v) is 12.8. The van der Waals surface area contributed by atoms with Crippen LogP contribution < -0.4 is 10.1 Å². The van der Waals surface area contributed by atoms with Gasteiger partial charge in [0.05, 0.1) is 24.0 Å². The van der Waals surface area contributed by atoms with Crippen molar-refractivity contribution in [1.82, 2.24) is 0 Å². The number of rotatable bonds is 7. The van der Waals surface area contributed by atoms with Crippen LogP contribution in [-0.2, 0) is 11.2 Å². The molecule has 0 spiro atoms. The van der Waals surface area contributed by atoms with Gasteiger partial charge in [-0.1, -0.05) is 25.1 Å². The first kappa shape index (κ1) is 16.5. The molecule has 1 amide bonds. The second kappa shape index (κ2) is 7.93. The van der Waals surface area contributed by atoms with Gasteiger partial charge in [-0.2, -0.15) is 0 Å². The fourth-order valence-corrected chi connectivity index (χ4v) is 2.00. The van der Waals surface area contributed by atoms with Gasteiger partial charge >= 0.3 is 0 Å². The molecule has 1 N–H and O–H groups in total. The summed E-state index contributed by atoms with van der Waals surface area (Å²) in [5.74, 6) is 0.207. The van der Waals surface area contributed by atoms with Crippen LogP contribution in [0.3, 0.4) is 0 Å². The van der Waals surface area contributed by atoms with Crippen molar-refractivity contribution in [3.05, 3.63) is 64.2 Å². The predicted molar refractivity (Wildman–Crippen MR) is 87.7 cm³/mol. The highest BCUT2D eigenvalue weighted by molar-refractivity contribution is 5.90. The highest BCUT2D eigenvalue weighted by atomic mass is 16.6. The summed E-state index contributed by atoms with van der Waals surface area (Å²) < 4.78 is 5.38. The number of nitro benzene ring substituents is 1. The first-order chi connectivity index (χ1) is 11.1. The van der Waals surface area contributed by atoms with Crippen molar-refractivity contribution in [2.45, 2.75) is 19.8 Å². The van der Waals surface area contributed by atoms with Crippen LogP contribution in [0, 0.1) is 10.1 Å². The number of nitrogens with one attached hydrogen (secondary N) is 1. The Kier molecular flexibility index (Phi) is 5.68. The summed E-state index contributed by atoms with van der Waals surface area (Å²) in [6.45, 7) is 2.22. The molecule has 0 aliphatic rings. The summed E-state index contributed by atoms with van der Waals surface area (Å²) in [5.41, 5.74) is 1.91. The molecular weight excluding hydrogens is 296 g/mol. The van der Waals surface area contributed by atoms with Crippen molar-refractivity contribution in [2.75, 3.05) is 11.9 Å². The third-order valence-electron chi connectivity index (χ3n) is 3.27. The van der Waals surface area contributed by atoms with E-state index < -0.39 is 4.92 Å². The second-order valence-corrected chi connectivity index (χ2v) is 4.95. The van der Waals surface area contributed by atoms with Gasteiger partial charge in [-0.3, -0.25) is 14.9 Å². The number of nitro groups is 1. The quantitative estimate of drug-likeness (QED) is 0.625. The molecule has 120 valence electrons. The standard InChI is InChI=1S/C17H18N2O4/c1-2-13-6-8-14(9-7-13)18-17(20)10-11-23-16-5-3-4-15(12-16)19(21)22/h3-9,12H,2,10-11H2,1H3,(H,18,20). The Labute approximate surface area is 134 Å². The van der Waals surface area contributed by atoms with Crippen LogP contribution in [0.15, 0.2) is 48.5 Å². The van der Waals surface area contributed by atoms with Gasteiger partial charge in [0, 0.05) is 11.8 Å². The number of carbonyl (C=O) groups is 1. The number of non-ortho nitro benzene ring substituents is 1. The molecule has 0 aliphatic carbocycles. The van der Waals surface area contributed by atoms with Crippen molar-refractivity contribution in [1.29, 1.82) is 0 Å². The molecule has 0 unspecified atom stereocenters. The summed E-state index contributed by atoms with van der Waals surface area (Å²) in [6.07, 6.45) is 1.11. The molecule has 0 fully saturated rings. The lowest BCUT2D eigenvalue weighted by Crippen LogP contribution is -2.15. The van der Waals surface area contributed by atoms with Gasteiger partial charge in [-0.25, -0.2) is 0 Å². The average Bonchev–Trinajstić information content (AvgIpc) is 2.56. The number of hydrogen-bond acceptors (Lipinski definition) is 4. The molecule has 0 radical (unpaired) electrons. The second-order valence-electron chi connectivity index (χ2n) is 4.95. The molecule has 0 atom stereocenters. The fraction of sp³-hybridized carbons (Fsp3) is 0.235. The van der Waals surface area contributed by atoms with E-state index in [-0.39, 0.29) is 24.6 Å². The highest BCUT2D eigenvalue weighted by Gasteiger charge is 2.07. The third kappa shape index (κ3) is 5.10. The minimum Gasteiger partial charge on any atom is -0.493 e. The first-order valence-electron chi connectivity index (χ1n) is 7.34. The van der Waals surface area contributed by atoms with E-state index in [2.05, 4.69) is 12.2 Å². The molecule has 2 aromatic rings. The van der Waals surface area contributed by atoms with Gasteiger partial charge < -0.3 is 10.1 Å². The lowest BCUT2D eigenvalue weighted by molar-refractivity contribution is -0.384. The van der Waals surface area contributed by atoms with Gasteiger partial charge in [0.1, 0.15) is 5.75 Å². The minimum atomic E-state index is -0.487. The van der Waals surface area contributed by atoms with Gasteiger partial charge in [-0.05, 0) is 30.2 Å². The van der Waals surface area contributed by atoms with Crippen LogP contribution in [0.2, 0.25) is 0 Å². The van der Waals surface area contributed by atoms with E-state index in [9.17, 15) is 14.9 Å². The largest absolute Gasteiger partial charge is 0.493 e. The van der Waals surface area contributed by atoms with Crippen molar-refractivity contribution in [2.24, 2.45) is 0 Å². The van der Waals surface area contributed by atoms with Crippen LogP contribution >= 0.6 is 0 Å². The molecule has 2 aromatic carbocycles. The topological polar surface area (TPSA) is 81.5 Å². The number of ether oxygens (including phenoxy) is 1. The van der Waals surface area contributed by atoms with E-state index in [1.807, 2.05) is 24.3 Å². The Bertz CT molecular complexity index is 683. The number of hydrogen-bond donors (Lipinski definition) is 1. The van der Waals surface area contributed by atoms with Crippen LogP contribution in [0.4, 0.5) is 11.4 Å². The van der Waals surface area contributed by atoms with Crippen LogP contribution in [-0.4, -0.2) is 17.4 Å². The molecule has 0 aliphatic heterocycles. The van der Waals surface area contributed by atoms with E-state index in [1.54, 1.807) is 12.1 Å². The summed E-state index contributed by atoms with van der Waals surface area (Å²) in [5, 5.41) is 13.5. The molecule has 6 nitrogen and oxygen atoms in total. The zero-order valence-electron chi connectivity index (χ0n) is 12.8. The van der Waals surface area contributed by atoms with Crippen LogP contribution in [0.1, 0.15) is 18.9 Å². The maximum atomic E-state index is 11.8. The number of nitrogens with zero attached hydrogens (tertiary/aromatic N) is 1. The van der Waals surface area contributed by atoms with Crippen molar-refractivity contribution in [3.8, 4) is 5.75 Å². The SMILES string of the molecule is CCc1ccc(NC(=O)CCOc2cccc([N+](=O)[O-])c2)cc1. The maximum absolute atomic E-state index is 11.8. The Morgan fingerprint density at radius 2 is 1.96 bits per heavy atom. The van der Waals surface area contributed by atoms with Crippen LogP contribution in [0.5, 0.6) is 5.75 Å². The summed E-state index contributed by atoms with van der Waals surface area (Å²) in [4.78, 5) is 22.0. The maximum Gasteiger partial charge on any atom is 0.273 e. The zero-order chi connectivity index (χ0) is 16.7. The average molecular weight is 314 g/mol. The Morgan fingerprint density at radius 3 is 2.61 bits per heavy atom. The number of carbonyl (C=O) groups excluding carboxylic acids is 1. The van der Waals surface area contributed by atoms with E-state index >= 15 is 0 Å². The normalized spacial score (nSPS) is 10.1. The van der Waals surface area contributed by atoms with E-state index in [0.717, 1.165) is 12.1 Å². The Morgan fingerprint density at radius 1 is 1.22 bits per heavy atom. The number of benzene rings is 2. The number of anilines is 1. The number of amides is 1. The Hall–Kier alpha value is -2.89. The van der Waals surface area contributed by atoms with Gasteiger partial charge in [0.25, 0.3) is 5.69 Å². The molecule has 0 bridgehead atoms. The summed E-state index contributed by atoms with van der Waals surface area (Å²) in [7, 11) is 0. The third-order valence-corrected chi connectivity index (χ3v) is 3.27. The minimum absolute atomic E-state index is 0.0389. The molecule has 0 heterocycles. The molecular formula is C17H18N2O4. The summed E-state index contributed by atoms with van der Waals surface area (Å²) >= 11 is 0. The summed E-state index contributed by atoms with van der Waals surface area (Å²) in [6, 6.07) is 13.5. The van der Waals surface area contributed by atoms with Gasteiger partial charge in [-0.15, -0.1) is 0 Å². The molecule has 0 saturated heterocycles. The lowest BCUT2D eigenvalue weighted by atomic mass is 10.1. The molecule has 0 saturated carbocycles. The van der Waals surface area contributed by atoms with E-state index in [4.69, 9.17) is 4.74 Å². The highest BCUT2D eigenvalue weighted by Crippen LogP contribution is 2.19. The molecule has 6 heteroatoms. The van der Waals surface area contributed by atoms with E-state index in [0.29, 0.717) is 5.75 Å². The first-order valence-corrected chi connectivity index (χ1v) is 7.34. The fourth-order valence-electron chi connectivity index (χ4n) is 2.00. The lowest BCUT2D eigenvalue weighted by Gasteiger charge is -2.08. The van der Waals surface area contributed by atoms with Crippen molar-refractivity contribution < 1.29 is 14.5 Å². The predicted octanol–water partition coefficient (Wildman–Crippen LogP) is 3.56. The van der Waals surface area contributed by atoms with Gasteiger partial charge in [0.2, 0.25) is 5.91 Å². The van der Waals surface area contributed by atoms with Gasteiger partial charge in [0.15, 0.2) is 0 Å². The van der Waals surface area contributed by atoms with Crippen LogP contribution in [0.25, 0.3) is 0 Å². The van der Waals surface area contributed by atoms with Crippen molar-refractivity contribution in [3.63, 3.8) is 0 Å². The Balaban J connectivity index is 1.80. The van der Waals surface area contributed by atoms with E-state index in [1.165, 1.54) is 17.7 Å². The smallest absolute Gasteiger partial charge is 0.273 e. The molecule has 0 aromatic heterocycles. The van der Waals surface area contributed by atoms with Crippen molar-refractivity contribution >= 4 is 17.3 Å².